The highest BCUT2D eigenvalue weighted by molar-refractivity contribution is 9.10. The van der Waals surface area contributed by atoms with Gasteiger partial charge in [0.05, 0.1) is 0 Å². The van der Waals surface area contributed by atoms with E-state index in [4.69, 9.17) is 0 Å². The van der Waals surface area contributed by atoms with Gasteiger partial charge < -0.3 is 5.32 Å². The Balaban J connectivity index is 1.45. The summed E-state index contributed by atoms with van der Waals surface area (Å²) in [5.41, 5.74) is 2.19. The maximum atomic E-state index is 3.88. The minimum Gasteiger partial charge on any atom is -0.311 e. The molecule has 0 heterocycles. The summed E-state index contributed by atoms with van der Waals surface area (Å²) in [4.78, 5) is 0. The maximum absolute atomic E-state index is 3.88. The number of halogens is 1. The first-order valence-electron chi connectivity index (χ1n) is 8.66. The van der Waals surface area contributed by atoms with Gasteiger partial charge in [0.2, 0.25) is 0 Å². The van der Waals surface area contributed by atoms with E-state index in [1.54, 1.807) is 0 Å². The Bertz CT molecular complexity index is 437. The fourth-order valence-corrected chi connectivity index (χ4v) is 4.72. The van der Waals surface area contributed by atoms with Crippen LogP contribution in [0.2, 0.25) is 0 Å². The van der Waals surface area contributed by atoms with Crippen LogP contribution < -0.4 is 5.32 Å². The summed E-state index contributed by atoms with van der Waals surface area (Å²) in [7, 11) is 0. The van der Waals surface area contributed by atoms with Crippen molar-refractivity contribution in [2.75, 3.05) is 0 Å². The summed E-state index contributed by atoms with van der Waals surface area (Å²) in [6, 6.07) is 10.1. The SMILES string of the molecule is CC(Cc1ccc(Br)cc1)NC1CCC2(CCCC2)CC1. The minimum absolute atomic E-state index is 0.578. The first-order valence-corrected chi connectivity index (χ1v) is 9.45. The Morgan fingerprint density at radius 1 is 1.10 bits per heavy atom. The summed E-state index contributed by atoms with van der Waals surface area (Å²) < 4.78 is 1.17. The molecule has 116 valence electrons. The molecule has 0 aliphatic heterocycles. The topological polar surface area (TPSA) is 12.0 Å². The molecule has 1 spiro atoms. The van der Waals surface area contributed by atoms with E-state index in [1.807, 2.05) is 0 Å². The van der Waals surface area contributed by atoms with Gasteiger partial charge in [-0.1, -0.05) is 40.9 Å². The van der Waals surface area contributed by atoms with Crippen LogP contribution >= 0.6 is 15.9 Å². The third-order valence-electron chi connectivity index (χ3n) is 5.69. The summed E-state index contributed by atoms with van der Waals surface area (Å²) >= 11 is 3.50. The van der Waals surface area contributed by atoms with Crippen molar-refractivity contribution in [3.05, 3.63) is 34.3 Å². The lowest BCUT2D eigenvalue weighted by Crippen LogP contribution is -2.42. The molecule has 2 saturated carbocycles. The molecule has 1 aromatic rings. The van der Waals surface area contributed by atoms with Crippen LogP contribution in [0.3, 0.4) is 0 Å². The van der Waals surface area contributed by atoms with Crippen LogP contribution in [0, 0.1) is 5.41 Å². The fraction of sp³-hybridized carbons (Fsp3) is 0.684. The molecule has 1 aromatic carbocycles. The molecule has 21 heavy (non-hydrogen) atoms. The zero-order valence-electron chi connectivity index (χ0n) is 13.2. The number of benzene rings is 1. The second-order valence-electron chi connectivity index (χ2n) is 7.38. The van der Waals surface area contributed by atoms with E-state index in [0.717, 1.165) is 17.9 Å². The zero-order chi connectivity index (χ0) is 14.7. The Labute approximate surface area is 138 Å². The fourth-order valence-electron chi connectivity index (χ4n) is 4.46. The van der Waals surface area contributed by atoms with Gasteiger partial charge in [-0.15, -0.1) is 0 Å². The molecule has 2 fully saturated rings. The van der Waals surface area contributed by atoms with E-state index < -0.39 is 0 Å². The molecule has 0 aromatic heterocycles. The van der Waals surface area contributed by atoms with Gasteiger partial charge in [-0.2, -0.15) is 0 Å². The summed E-state index contributed by atoms with van der Waals surface area (Å²) in [6.45, 7) is 2.34. The van der Waals surface area contributed by atoms with Crippen molar-refractivity contribution in [2.45, 2.75) is 76.8 Å². The van der Waals surface area contributed by atoms with E-state index >= 15 is 0 Å². The largest absolute Gasteiger partial charge is 0.311 e. The molecule has 0 bridgehead atoms. The van der Waals surface area contributed by atoms with Crippen LogP contribution in [0.25, 0.3) is 0 Å². The van der Waals surface area contributed by atoms with Crippen molar-refractivity contribution in [3.8, 4) is 0 Å². The van der Waals surface area contributed by atoms with Crippen LogP contribution in [0.5, 0.6) is 0 Å². The molecule has 1 unspecified atom stereocenters. The monoisotopic (exact) mass is 349 g/mol. The van der Waals surface area contributed by atoms with Crippen molar-refractivity contribution in [1.82, 2.24) is 5.32 Å². The summed E-state index contributed by atoms with van der Waals surface area (Å²) in [5.74, 6) is 0. The van der Waals surface area contributed by atoms with E-state index in [-0.39, 0.29) is 0 Å². The highest BCUT2D eigenvalue weighted by atomic mass is 79.9. The second-order valence-corrected chi connectivity index (χ2v) is 8.30. The first kappa shape index (κ1) is 15.6. The molecule has 1 nitrogen and oxygen atoms in total. The third kappa shape index (κ3) is 4.10. The molecule has 1 atom stereocenters. The maximum Gasteiger partial charge on any atom is 0.0175 e. The number of hydrogen-bond donors (Lipinski definition) is 1. The van der Waals surface area contributed by atoms with Crippen LogP contribution in [0.15, 0.2) is 28.7 Å². The molecular weight excluding hydrogens is 322 g/mol. The van der Waals surface area contributed by atoms with Crippen LogP contribution in [-0.4, -0.2) is 12.1 Å². The highest BCUT2D eigenvalue weighted by Crippen LogP contribution is 2.48. The molecule has 2 aliphatic rings. The Morgan fingerprint density at radius 2 is 1.71 bits per heavy atom. The van der Waals surface area contributed by atoms with Crippen molar-refractivity contribution >= 4 is 15.9 Å². The quantitative estimate of drug-likeness (QED) is 0.759. The molecule has 2 heteroatoms. The molecule has 0 saturated heterocycles. The third-order valence-corrected chi connectivity index (χ3v) is 6.21. The second kappa shape index (κ2) is 6.83. The predicted octanol–water partition coefficient (Wildman–Crippen LogP) is 5.47. The predicted molar refractivity (Wildman–Crippen MR) is 93.6 cm³/mol. The molecule has 0 radical (unpaired) electrons. The lowest BCUT2D eigenvalue weighted by Gasteiger charge is -2.38. The van der Waals surface area contributed by atoms with E-state index in [0.29, 0.717) is 6.04 Å². The van der Waals surface area contributed by atoms with Gasteiger partial charge in [0.25, 0.3) is 0 Å². The average molecular weight is 350 g/mol. The highest BCUT2D eigenvalue weighted by Gasteiger charge is 2.37. The molecular formula is C19H28BrN. The minimum atomic E-state index is 0.578. The van der Waals surface area contributed by atoms with Crippen molar-refractivity contribution in [3.63, 3.8) is 0 Å². The van der Waals surface area contributed by atoms with Gasteiger partial charge in [0.1, 0.15) is 0 Å². The first-order chi connectivity index (χ1) is 10.2. The van der Waals surface area contributed by atoms with Crippen molar-refractivity contribution < 1.29 is 0 Å². The van der Waals surface area contributed by atoms with Crippen LogP contribution in [0.4, 0.5) is 0 Å². The zero-order valence-corrected chi connectivity index (χ0v) is 14.8. The van der Waals surface area contributed by atoms with Crippen LogP contribution in [-0.2, 0) is 6.42 Å². The van der Waals surface area contributed by atoms with Gasteiger partial charge >= 0.3 is 0 Å². The smallest absolute Gasteiger partial charge is 0.0175 e. The van der Waals surface area contributed by atoms with Crippen molar-refractivity contribution in [1.29, 1.82) is 0 Å². The van der Waals surface area contributed by atoms with E-state index in [1.165, 1.54) is 61.4 Å². The van der Waals surface area contributed by atoms with Gasteiger partial charge in [-0.05, 0) is 75.0 Å². The lowest BCUT2D eigenvalue weighted by molar-refractivity contribution is 0.163. The Hall–Kier alpha value is -0.340. The van der Waals surface area contributed by atoms with Gasteiger partial charge in [-0.3, -0.25) is 0 Å². The molecule has 1 N–H and O–H groups in total. The van der Waals surface area contributed by atoms with E-state index in [9.17, 15) is 0 Å². The molecule has 3 rings (SSSR count). The Kier molecular flexibility index (Phi) is 5.06. The van der Waals surface area contributed by atoms with Gasteiger partial charge in [-0.25, -0.2) is 0 Å². The molecule has 0 amide bonds. The normalized spacial score (nSPS) is 23.5. The summed E-state index contributed by atoms with van der Waals surface area (Å²) in [5, 5.41) is 3.88. The number of nitrogens with one attached hydrogen (secondary N) is 1. The standard InChI is InChI=1S/C19H28BrN/c1-15(14-16-4-6-17(20)7-5-16)21-18-8-12-19(13-9-18)10-2-3-11-19/h4-7,15,18,21H,2-3,8-14H2,1H3. The van der Waals surface area contributed by atoms with E-state index in [2.05, 4.69) is 52.4 Å². The number of hydrogen-bond acceptors (Lipinski definition) is 1. The van der Waals surface area contributed by atoms with Gasteiger partial charge in [0, 0.05) is 16.6 Å². The van der Waals surface area contributed by atoms with Crippen molar-refractivity contribution in [2.24, 2.45) is 5.41 Å². The molecule has 2 aliphatic carbocycles. The number of rotatable bonds is 4. The summed E-state index contributed by atoms with van der Waals surface area (Å²) in [6.07, 6.45) is 12.8. The average Bonchev–Trinajstić information content (AvgIpc) is 2.93. The van der Waals surface area contributed by atoms with Crippen LogP contribution in [0.1, 0.15) is 63.9 Å². The Morgan fingerprint density at radius 3 is 2.33 bits per heavy atom. The van der Waals surface area contributed by atoms with Gasteiger partial charge in [0.15, 0.2) is 0 Å². The lowest BCUT2D eigenvalue weighted by atomic mass is 9.71.